The van der Waals surface area contributed by atoms with E-state index in [1.54, 1.807) is 40.5 Å². The molecule has 3 aromatic heterocycles. The van der Waals surface area contributed by atoms with E-state index in [-0.39, 0.29) is 18.4 Å². The van der Waals surface area contributed by atoms with E-state index in [9.17, 15) is 9.59 Å². The number of ether oxygens (including phenoxy) is 2. The van der Waals surface area contributed by atoms with E-state index in [1.807, 2.05) is 17.5 Å². The Kier molecular flexibility index (Phi) is 5.40. The van der Waals surface area contributed by atoms with Crippen molar-refractivity contribution in [3.05, 3.63) is 57.8 Å². The number of benzene rings is 1. The normalized spacial score (nSPS) is 15.7. The van der Waals surface area contributed by atoms with E-state index in [1.165, 1.54) is 15.9 Å². The smallest absolute Gasteiger partial charge is 0.321 e. The zero-order chi connectivity index (χ0) is 23.1. The predicted molar refractivity (Wildman–Crippen MR) is 129 cm³/mol. The second kappa shape index (κ2) is 8.70. The van der Waals surface area contributed by atoms with E-state index in [2.05, 4.69) is 20.3 Å². The number of hydrogen-bond acceptors (Lipinski definition) is 9. The van der Waals surface area contributed by atoms with Crippen molar-refractivity contribution >= 4 is 39.4 Å². The van der Waals surface area contributed by atoms with Crippen LogP contribution in [0.3, 0.4) is 0 Å². The van der Waals surface area contributed by atoms with Gasteiger partial charge in [-0.1, -0.05) is 17.4 Å². The van der Waals surface area contributed by atoms with Gasteiger partial charge in [0.1, 0.15) is 0 Å². The van der Waals surface area contributed by atoms with Crippen LogP contribution in [-0.2, 0) is 6.54 Å². The van der Waals surface area contributed by atoms with Crippen LogP contribution in [0.15, 0.2) is 46.6 Å². The summed E-state index contributed by atoms with van der Waals surface area (Å²) in [6.07, 6.45) is 0. The third kappa shape index (κ3) is 4.11. The molecule has 0 atom stereocenters. The van der Waals surface area contributed by atoms with Crippen molar-refractivity contribution in [2.75, 3.05) is 38.3 Å². The molecule has 10 nitrogen and oxygen atoms in total. The van der Waals surface area contributed by atoms with E-state index >= 15 is 0 Å². The Morgan fingerprint density at radius 1 is 1.09 bits per heavy atom. The lowest BCUT2D eigenvalue weighted by Crippen LogP contribution is -2.49. The van der Waals surface area contributed by atoms with Crippen LogP contribution >= 0.6 is 22.7 Å². The van der Waals surface area contributed by atoms with Crippen LogP contribution in [0.4, 0.5) is 10.5 Å². The van der Waals surface area contributed by atoms with Gasteiger partial charge < -0.3 is 19.7 Å². The Balaban J connectivity index is 1.08. The highest BCUT2D eigenvalue weighted by molar-refractivity contribution is 7.23. The van der Waals surface area contributed by atoms with Crippen molar-refractivity contribution in [1.82, 2.24) is 24.4 Å². The first kappa shape index (κ1) is 21.1. The molecule has 5 heterocycles. The second-order valence-corrected chi connectivity index (χ2v) is 9.83. The Morgan fingerprint density at radius 3 is 2.76 bits per heavy atom. The van der Waals surface area contributed by atoms with E-state index < -0.39 is 0 Å². The fraction of sp³-hybridized carbons (Fsp3) is 0.273. The molecule has 0 spiro atoms. The minimum absolute atomic E-state index is 0.151. The Labute approximate surface area is 202 Å². The van der Waals surface area contributed by atoms with Gasteiger partial charge >= 0.3 is 6.03 Å². The molecular weight excluding hydrogens is 476 g/mol. The van der Waals surface area contributed by atoms with Gasteiger partial charge in [-0.2, -0.15) is 9.61 Å². The molecule has 0 saturated carbocycles. The first-order valence-corrected chi connectivity index (χ1v) is 12.4. The number of amides is 2. The van der Waals surface area contributed by atoms with Gasteiger partial charge in [0.2, 0.25) is 11.8 Å². The molecule has 174 valence electrons. The number of aromatic nitrogens is 3. The summed E-state index contributed by atoms with van der Waals surface area (Å²) >= 11 is 3.00. The topological polar surface area (TPSA) is 101 Å². The number of fused-ring (bicyclic) bond motifs is 2. The number of nitrogens with one attached hydrogen (secondary N) is 1. The third-order valence-electron chi connectivity index (χ3n) is 5.70. The maximum Gasteiger partial charge on any atom is 0.321 e. The summed E-state index contributed by atoms with van der Waals surface area (Å²) in [5.74, 6) is 1.31. The summed E-state index contributed by atoms with van der Waals surface area (Å²) in [5.41, 5.74) is 1.20. The fourth-order valence-corrected chi connectivity index (χ4v) is 5.67. The molecule has 2 aliphatic rings. The minimum Gasteiger partial charge on any atom is -0.454 e. The maximum atomic E-state index is 12.7. The molecule has 0 bridgehead atoms. The van der Waals surface area contributed by atoms with Gasteiger partial charge in [-0.05, 0) is 23.6 Å². The van der Waals surface area contributed by atoms with Gasteiger partial charge in [0.15, 0.2) is 16.5 Å². The summed E-state index contributed by atoms with van der Waals surface area (Å²) in [5, 5.41) is 10.1. The number of thiophene rings is 1. The second-order valence-electron chi connectivity index (χ2n) is 7.93. The first-order valence-electron chi connectivity index (χ1n) is 10.7. The van der Waals surface area contributed by atoms with Crippen LogP contribution in [0, 0.1) is 0 Å². The summed E-state index contributed by atoms with van der Waals surface area (Å²) < 4.78 is 12.0. The molecule has 0 aliphatic carbocycles. The van der Waals surface area contributed by atoms with Crippen molar-refractivity contribution in [3.63, 3.8) is 0 Å². The summed E-state index contributed by atoms with van der Waals surface area (Å²) in [4.78, 5) is 35.5. The summed E-state index contributed by atoms with van der Waals surface area (Å²) in [6, 6.07) is 10.7. The summed E-state index contributed by atoms with van der Waals surface area (Å²) in [7, 11) is 0. The average Bonchev–Trinajstić information content (AvgIpc) is 3.59. The number of nitrogens with zero attached hydrogens (tertiary/aromatic N) is 5. The van der Waals surface area contributed by atoms with Gasteiger partial charge in [-0.25, -0.2) is 9.78 Å². The molecule has 0 radical (unpaired) electrons. The van der Waals surface area contributed by atoms with Gasteiger partial charge in [-0.3, -0.25) is 9.69 Å². The van der Waals surface area contributed by atoms with Crippen LogP contribution in [0.5, 0.6) is 11.5 Å². The molecule has 34 heavy (non-hydrogen) atoms. The first-order chi connectivity index (χ1) is 16.6. The van der Waals surface area contributed by atoms with Crippen molar-refractivity contribution in [1.29, 1.82) is 0 Å². The number of rotatable bonds is 4. The van der Waals surface area contributed by atoms with Crippen LogP contribution in [0.1, 0.15) is 5.69 Å². The highest BCUT2D eigenvalue weighted by atomic mass is 32.1. The van der Waals surface area contributed by atoms with E-state index in [4.69, 9.17) is 9.47 Å². The number of carbonyl (C=O) groups is 1. The van der Waals surface area contributed by atoms with Crippen LogP contribution < -0.4 is 20.3 Å². The quantitative estimate of drug-likeness (QED) is 0.464. The van der Waals surface area contributed by atoms with Crippen molar-refractivity contribution in [2.45, 2.75) is 6.54 Å². The molecule has 1 saturated heterocycles. The van der Waals surface area contributed by atoms with Gasteiger partial charge in [0.25, 0.3) is 5.56 Å². The molecule has 4 aromatic rings. The SMILES string of the molecule is O=C(Nc1ccc2c(c1)OCO2)N1CCN(Cc2cc(=O)n3nc(-c4cccs4)sc3n2)CC1. The van der Waals surface area contributed by atoms with E-state index in [0.29, 0.717) is 60.6 Å². The zero-order valence-electron chi connectivity index (χ0n) is 18.0. The number of urea groups is 1. The van der Waals surface area contributed by atoms with Crippen LogP contribution in [0.2, 0.25) is 0 Å². The summed E-state index contributed by atoms with van der Waals surface area (Å²) in [6.45, 7) is 3.30. The van der Waals surface area contributed by atoms with Crippen LogP contribution in [0.25, 0.3) is 14.8 Å². The maximum absolute atomic E-state index is 12.7. The van der Waals surface area contributed by atoms with Gasteiger partial charge in [-0.15, -0.1) is 11.3 Å². The van der Waals surface area contributed by atoms with Crippen molar-refractivity contribution in [3.8, 4) is 21.4 Å². The van der Waals surface area contributed by atoms with Crippen LogP contribution in [-0.4, -0.2) is 63.4 Å². The Hall–Kier alpha value is -3.48. The number of hydrogen-bond donors (Lipinski definition) is 1. The Morgan fingerprint density at radius 2 is 1.94 bits per heavy atom. The fourth-order valence-electron chi connectivity index (χ4n) is 3.95. The predicted octanol–water partition coefficient (Wildman–Crippen LogP) is 2.96. The highest BCUT2D eigenvalue weighted by Crippen LogP contribution is 2.34. The van der Waals surface area contributed by atoms with E-state index in [0.717, 1.165) is 9.88 Å². The molecular formula is C22H20N6O4S2. The average molecular weight is 497 g/mol. The third-order valence-corrected chi connectivity index (χ3v) is 7.65. The van der Waals surface area contributed by atoms with Crippen molar-refractivity contribution in [2.24, 2.45) is 0 Å². The monoisotopic (exact) mass is 496 g/mol. The molecule has 6 rings (SSSR count). The van der Waals surface area contributed by atoms with Gasteiger partial charge in [0, 0.05) is 50.5 Å². The molecule has 1 aromatic carbocycles. The molecule has 1 N–H and O–H groups in total. The molecule has 2 amide bonds. The minimum atomic E-state index is -0.180. The lowest BCUT2D eigenvalue weighted by Gasteiger charge is -2.34. The van der Waals surface area contributed by atoms with Crippen molar-refractivity contribution < 1.29 is 14.3 Å². The Bertz CT molecular complexity index is 1410. The standard InChI is InChI=1S/C22H20N6O4S2/c29-19-11-15(24-22-28(19)25-20(34-22)18-2-1-9-33-18)12-26-5-7-27(8-6-26)21(30)23-14-3-4-16-17(10-14)32-13-31-16/h1-4,9-11H,5-8,12-13H2,(H,23,30). The highest BCUT2D eigenvalue weighted by Gasteiger charge is 2.23. The lowest BCUT2D eigenvalue weighted by molar-refractivity contribution is 0.142. The van der Waals surface area contributed by atoms with Gasteiger partial charge in [0.05, 0.1) is 10.6 Å². The number of anilines is 1. The molecule has 1 fully saturated rings. The molecule has 12 heteroatoms. The molecule has 0 unspecified atom stereocenters. The number of piperazine rings is 1. The zero-order valence-corrected chi connectivity index (χ0v) is 19.6. The largest absolute Gasteiger partial charge is 0.454 e. The lowest BCUT2D eigenvalue weighted by atomic mass is 10.2. The number of carbonyl (C=O) groups excluding carboxylic acids is 1. The molecule has 2 aliphatic heterocycles.